The molecule has 4 nitrogen and oxygen atoms in total. The number of hydrogen-bond acceptors (Lipinski definition) is 3. The van der Waals surface area contributed by atoms with Crippen LogP contribution in [0.25, 0.3) is 0 Å². The molecule has 0 aliphatic heterocycles. The largest absolute Gasteiger partial charge is 0.326 e. The molecule has 0 saturated heterocycles. The van der Waals surface area contributed by atoms with Crippen LogP contribution in [0, 0.1) is 12.7 Å². The third-order valence-corrected chi connectivity index (χ3v) is 5.03. The van der Waals surface area contributed by atoms with Gasteiger partial charge in [-0.3, -0.25) is 0 Å². The third-order valence-electron chi connectivity index (χ3n) is 3.01. The Balaban J connectivity index is 3.41. The van der Waals surface area contributed by atoms with Crippen LogP contribution in [-0.2, 0) is 16.6 Å². The van der Waals surface area contributed by atoms with Crippen LogP contribution in [0.15, 0.2) is 29.7 Å². The van der Waals surface area contributed by atoms with Crippen LogP contribution in [0.3, 0.4) is 0 Å². The average molecular weight is 300 g/mol. The molecule has 0 unspecified atom stereocenters. The monoisotopic (exact) mass is 300 g/mol. The molecule has 0 bridgehead atoms. The Hall–Kier alpha value is -1.24. The molecule has 1 aromatic carbocycles. The van der Waals surface area contributed by atoms with E-state index in [4.69, 9.17) is 5.73 Å². The predicted molar refractivity (Wildman–Crippen MR) is 78.3 cm³/mol. The Kier molecular flexibility index (Phi) is 5.44. The van der Waals surface area contributed by atoms with Crippen molar-refractivity contribution in [1.29, 1.82) is 0 Å². The lowest BCUT2D eigenvalue weighted by atomic mass is 10.1. The molecule has 20 heavy (non-hydrogen) atoms. The molecule has 0 atom stereocenters. The first-order valence-corrected chi connectivity index (χ1v) is 7.81. The van der Waals surface area contributed by atoms with Crippen molar-refractivity contribution in [3.8, 4) is 0 Å². The highest BCUT2D eigenvalue weighted by atomic mass is 32.2. The molecule has 2 N–H and O–H groups in total. The van der Waals surface area contributed by atoms with Gasteiger partial charge in [0, 0.05) is 24.7 Å². The second kappa shape index (κ2) is 6.47. The zero-order chi connectivity index (χ0) is 15.5. The Bertz CT molecular complexity index is 597. The maximum Gasteiger partial charge on any atom is 0.243 e. The van der Waals surface area contributed by atoms with E-state index >= 15 is 0 Å². The number of halogens is 1. The van der Waals surface area contributed by atoms with E-state index in [1.807, 2.05) is 0 Å². The molecule has 0 amide bonds. The minimum Gasteiger partial charge on any atom is -0.326 e. The summed E-state index contributed by atoms with van der Waals surface area (Å²) in [6.07, 6.45) is 1.53. The molecular formula is C14H21FN2O2S. The van der Waals surface area contributed by atoms with Gasteiger partial charge in [0.1, 0.15) is 5.82 Å². The highest BCUT2D eigenvalue weighted by Crippen LogP contribution is 2.23. The quantitative estimate of drug-likeness (QED) is 0.819. The zero-order valence-electron chi connectivity index (χ0n) is 12.1. The number of sulfonamides is 1. The maximum atomic E-state index is 13.8. The number of nitrogens with zero attached hydrogens (tertiary/aromatic N) is 1. The first kappa shape index (κ1) is 16.8. The minimum absolute atomic E-state index is 0.0425. The highest BCUT2D eigenvalue weighted by molar-refractivity contribution is 7.89. The Morgan fingerprint density at radius 2 is 2.05 bits per heavy atom. The molecule has 0 aromatic heterocycles. The van der Waals surface area contributed by atoms with E-state index in [-0.39, 0.29) is 35.2 Å². The van der Waals surface area contributed by atoms with Gasteiger partial charge in [0.25, 0.3) is 0 Å². The Labute approximate surface area is 120 Å². The van der Waals surface area contributed by atoms with Crippen molar-refractivity contribution in [3.05, 3.63) is 41.7 Å². The SMILES string of the molecule is C=CCN(C(C)C)S(=O)(=O)c1cc(C)c(F)c(CN)c1. The summed E-state index contributed by atoms with van der Waals surface area (Å²) in [5.74, 6) is -0.453. The normalized spacial score (nSPS) is 12.2. The van der Waals surface area contributed by atoms with Crippen molar-refractivity contribution < 1.29 is 12.8 Å². The topological polar surface area (TPSA) is 63.4 Å². The van der Waals surface area contributed by atoms with Gasteiger partial charge in [0.15, 0.2) is 0 Å². The molecule has 6 heteroatoms. The molecule has 0 aliphatic carbocycles. The predicted octanol–water partition coefficient (Wildman–Crippen LogP) is 2.18. The van der Waals surface area contributed by atoms with Crippen molar-refractivity contribution in [3.63, 3.8) is 0 Å². The van der Waals surface area contributed by atoms with Crippen molar-refractivity contribution in [2.45, 2.75) is 38.3 Å². The minimum atomic E-state index is -3.69. The van der Waals surface area contributed by atoms with Crippen molar-refractivity contribution in [2.24, 2.45) is 5.73 Å². The van der Waals surface area contributed by atoms with Gasteiger partial charge in [-0.15, -0.1) is 6.58 Å². The number of benzene rings is 1. The van der Waals surface area contributed by atoms with Crippen molar-refractivity contribution in [2.75, 3.05) is 6.54 Å². The van der Waals surface area contributed by atoms with Gasteiger partial charge < -0.3 is 5.73 Å². The zero-order valence-corrected chi connectivity index (χ0v) is 12.9. The summed E-state index contributed by atoms with van der Waals surface area (Å²) in [6.45, 7) is 8.82. The van der Waals surface area contributed by atoms with E-state index < -0.39 is 15.8 Å². The van der Waals surface area contributed by atoms with Crippen LogP contribution in [0.4, 0.5) is 4.39 Å². The fraction of sp³-hybridized carbons (Fsp3) is 0.429. The van der Waals surface area contributed by atoms with Crippen LogP contribution in [-0.4, -0.2) is 25.3 Å². The molecule has 1 rings (SSSR count). The second-order valence-corrected chi connectivity index (χ2v) is 6.77. The van der Waals surface area contributed by atoms with E-state index in [9.17, 15) is 12.8 Å². The van der Waals surface area contributed by atoms with E-state index in [1.54, 1.807) is 13.8 Å². The van der Waals surface area contributed by atoms with E-state index in [1.165, 1.54) is 29.4 Å². The lowest BCUT2D eigenvalue weighted by Crippen LogP contribution is -2.37. The van der Waals surface area contributed by atoms with Gasteiger partial charge in [0.2, 0.25) is 10.0 Å². The van der Waals surface area contributed by atoms with Crippen molar-refractivity contribution >= 4 is 10.0 Å². The maximum absolute atomic E-state index is 13.8. The first-order valence-electron chi connectivity index (χ1n) is 6.37. The number of nitrogens with two attached hydrogens (primary N) is 1. The Morgan fingerprint density at radius 3 is 2.50 bits per heavy atom. The van der Waals surface area contributed by atoms with E-state index in [0.29, 0.717) is 0 Å². The van der Waals surface area contributed by atoms with Gasteiger partial charge >= 0.3 is 0 Å². The molecule has 112 valence electrons. The molecule has 0 saturated carbocycles. The smallest absolute Gasteiger partial charge is 0.243 e. The standard InChI is InChI=1S/C14H21FN2O2S/c1-5-6-17(10(2)3)20(18,19)13-7-11(4)14(15)12(8-13)9-16/h5,7-8,10H,1,6,9,16H2,2-4H3. The molecule has 0 aliphatic rings. The lowest BCUT2D eigenvalue weighted by molar-refractivity contribution is 0.382. The number of aryl methyl sites for hydroxylation is 1. The van der Waals surface area contributed by atoms with Crippen molar-refractivity contribution in [1.82, 2.24) is 4.31 Å². The van der Waals surface area contributed by atoms with Gasteiger partial charge in [-0.2, -0.15) is 4.31 Å². The van der Waals surface area contributed by atoms with Crippen LogP contribution < -0.4 is 5.73 Å². The average Bonchev–Trinajstić information content (AvgIpc) is 2.38. The lowest BCUT2D eigenvalue weighted by Gasteiger charge is -2.25. The summed E-state index contributed by atoms with van der Waals surface area (Å²) in [7, 11) is -3.69. The highest BCUT2D eigenvalue weighted by Gasteiger charge is 2.27. The fourth-order valence-electron chi connectivity index (χ4n) is 1.95. The van der Waals surface area contributed by atoms with E-state index in [2.05, 4.69) is 6.58 Å². The van der Waals surface area contributed by atoms with Gasteiger partial charge in [-0.1, -0.05) is 6.08 Å². The fourth-order valence-corrected chi connectivity index (χ4v) is 3.70. The Morgan fingerprint density at radius 1 is 1.45 bits per heavy atom. The van der Waals surface area contributed by atoms with Crippen LogP contribution in [0.2, 0.25) is 0 Å². The van der Waals surface area contributed by atoms with Crippen LogP contribution >= 0.6 is 0 Å². The molecule has 0 spiro atoms. The summed E-state index contributed by atoms with van der Waals surface area (Å²) >= 11 is 0. The molecule has 0 fully saturated rings. The summed E-state index contributed by atoms with van der Waals surface area (Å²) < 4.78 is 40.3. The molecule has 0 heterocycles. The first-order chi connectivity index (χ1) is 9.25. The van der Waals surface area contributed by atoms with E-state index in [0.717, 1.165) is 0 Å². The summed E-state index contributed by atoms with van der Waals surface area (Å²) in [5, 5.41) is 0. The van der Waals surface area contributed by atoms with Gasteiger partial charge in [0.05, 0.1) is 4.90 Å². The molecule has 1 aromatic rings. The summed E-state index contributed by atoms with van der Waals surface area (Å²) in [5.41, 5.74) is 5.93. The second-order valence-electron chi connectivity index (χ2n) is 4.87. The van der Waals surface area contributed by atoms with Gasteiger partial charge in [-0.25, -0.2) is 12.8 Å². The third kappa shape index (κ3) is 3.26. The number of hydrogen-bond donors (Lipinski definition) is 1. The van der Waals surface area contributed by atoms with Gasteiger partial charge in [-0.05, 0) is 38.5 Å². The number of rotatable bonds is 6. The molecule has 0 radical (unpaired) electrons. The van der Waals surface area contributed by atoms with Crippen LogP contribution in [0.1, 0.15) is 25.0 Å². The molecular weight excluding hydrogens is 279 g/mol. The summed E-state index contributed by atoms with van der Waals surface area (Å²) in [6, 6.07) is 2.42. The summed E-state index contributed by atoms with van der Waals surface area (Å²) in [4.78, 5) is 0.0624. The van der Waals surface area contributed by atoms with Crippen LogP contribution in [0.5, 0.6) is 0 Å².